The lowest BCUT2D eigenvalue weighted by atomic mass is 10.2. The number of aromatic nitrogens is 2. The third kappa shape index (κ3) is 5.63. The highest BCUT2D eigenvalue weighted by molar-refractivity contribution is 5.81. The number of anilines is 1. The van der Waals surface area contributed by atoms with E-state index in [1.165, 1.54) is 6.07 Å². The fraction of sp³-hybridized carbons (Fsp3) is 0.389. The van der Waals surface area contributed by atoms with Crippen molar-refractivity contribution in [2.24, 2.45) is 5.10 Å². The molecule has 134 valence electrons. The standard InChI is InChI=1S/C18H24N4O3/c1-4-7-14-11-17(23)21-18(20-14)22-19-12-13-8-9-15(24-5-2)16(10-13)25-6-3/h8-12H,4-7H2,1-3H3,(H2,20,21,22,23)/b19-12-. The molecule has 0 aliphatic rings. The van der Waals surface area contributed by atoms with Gasteiger partial charge in [0, 0.05) is 11.8 Å². The molecule has 0 saturated carbocycles. The molecule has 7 nitrogen and oxygen atoms in total. The highest BCUT2D eigenvalue weighted by atomic mass is 16.5. The van der Waals surface area contributed by atoms with Gasteiger partial charge in [-0.05, 0) is 44.0 Å². The molecule has 25 heavy (non-hydrogen) atoms. The van der Waals surface area contributed by atoms with Gasteiger partial charge in [-0.15, -0.1) is 0 Å². The molecule has 0 aliphatic heterocycles. The number of benzene rings is 1. The Morgan fingerprint density at radius 1 is 1.16 bits per heavy atom. The van der Waals surface area contributed by atoms with Crippen molar-refractivity contribution in [1.29, 1.82) is 0 Å². The van der Waals surface area contributed by atoms with Crippen LogP contribution in [0.4, 0.5) is 5.95 Å². The number of ether oxygens (including phenoxy) is 2. The molecule has 0 spiro atoms. The second kappa shape index (κ2) is 9.46. The average molecular weight is 344 g/mol. The first kappa shape index (κ1) is 18.5. The van der Waals surface area contributed by atoms with Gasteiger partial charge >= 0.3 is 0 Å². The number of nitrogens with one attached hydrogen (secondary N) is 2. The number of H-pyrrole nitrogens is 1. The van der Waals surface area contributed by atoms with Crippen LogP contribution in [0.2, 0.25) is 0 Å². The van der Waals surface area contributed by atoms with Gasteiger partial charge < -0.3 is 9.47 Å². The fourth-order valence-electron chi connectivity index (χ4n) is 2.26. The van der Waals surface area contributed by atoms with Crippen LogP contribution < -0.4 is 20.5 Å². The number of aromatic amines is 1. The van der Waals surface area contributed by atoms with Gasteiger partial charge in [-0.2, -0.15) is 5.10 Å². The van der Waals surface area contributed by atoms with Crippen LogP contribution >= 0.6 is 0 Å². The number of aryl methyl sites for hydroxylation is 1. The van der Waals surface area contributed by atoms with E-state index in [4.69, 9.17) is 9.47 Å². The van der Waals surface area contributed by atoms with E-state index in [1.54, 1.807) is 6.21 Å². The summed E-state index contributed by atoms with van der Waals surface area (Å²) in [6, 6.07) is 7.07. The molecule has 0 radical (unpaired) electrons. The quantitative estimate of drug-likeness (QED) is 0.539. The van der Waals surface area contributed by atoms with Crippen molar-refractivity contribution in [3.63, 3.8) is 0 Å². The molecular formula is C18H24N4O3. The summed E-state index contributed by atoms with van der Waals surface area (Å²) >= 11 is 0. The maximum Gasteiger partial charge on any atom is 0.252 e. The average Bonchev–Trinajstić information content (AvgIpc) is 2.57. The molecule has 0 saturated heterocycles. The van der Waals surface area contributed by atoms with Crippen LogP contribution in [0.1, 0.15) is 38.4 Å². The Labute approximate surface area is 147 Å². The van der Waals surface area contributed by atoms with Crippen molar-refractivity contribution in [3.05, 3.63) is 45.9 Å². The Hall–Kier alpha value is -2.83. The Morgan fingerprint density at radius 2 is 1.92 bits per heavy atom. The monoisotopic (exact) mass is 344 g/mol. The maximum absolute atomic E-state index is 11.6. The molecule has 0 unspecified atom stereocenters. The highest BCUT2D eigenvalue weighted by Crippen LogP contribution is 2.27. The summed E-state index contributed by atoms with van der Waals surface area (Å²) in [4.78, 5) is 18.5. The van der Waals surface area contributed by atoms with Gasteiger partial charge in [0.05, 0.1) is 19.4 Å². The molecule has 0 atom stereocenters. The molecule has 2 N–H and O–H groups in total. The predicted octanol–water partition coefficient (Wildman–Crippen LogP) is 2.97. The lowest BCUT2D eigenvalue weighted by molar-refractivity contribution is 0.288. The van der Waals surface area contributed by atoms with Crippen LogP contribution in [-0.2, 0) is 6.42 Å². The van der Waals surface area contributed by atoms with Gasteiger partial charge in [0.2, 0.25) is 5.95 Å². The molecule has 1 aromatic carbocycles. The van der Waals surface area contributed by atoms with E-state index < -0.39 is 0 Å². The highest BCUT2D eigenvalue weighted by Gasteiger charge is 2.05. The summed E-state index contributed by atoms with van der Waals surface area (Å²) in [5, 5.41) is 4.13. The van der Waals surface area contributed by atoms with Gasteiger partial charge in [-0.3, -0.25) is 9.78 Å². The first-order valence-electron chi connectivity index (χ1n) is 8.45. The SMILES string of the molecule is CCCc1cc(=O)[nH]c(N/N=C\c2ccc(OCC)c(OCC)c2)n1. The minimum Gasteiger partial charge on any atom is -0.490 e. The van der Waals surface area contributed by atoms with Crippen LogP contribution in [0, 0.1) is 0 Å². The number of nitrogens with zero attached hydrogens (tertiary/aromatic N) is 2. The topological polar surface area (TPSA) is 88.6 Å². The largest absolute Gasteiger partial charge is 0.490 e. The van der Waals surface area contributed by atoms with Crippen LogP contribution in [-0.4, -0.2) is 29.4 Å². The number of hydrogen-bond donors (Lipinski definition) is 2. The van der Waals surface area contributed by atoms with Crippen molar-refractivity contribution < 1.29 is 9.47 Å². The Bertz CT molecular complexity index is 771. The Balaban J connectivity index is 2.11. The van der Waals surface area contributed by atoms with Gasteiger partial charge in [0.1, 0.15) is 0 Å². The summed E-state index contributed by atoms with van der Waals surface area (Å²) in [5.41, 5.74) is 4.14. The summed E-state index contributed by atoms with van der Waals surface area (Å²) in [6.07, 6.45) is 3.30. The number of rotatable bonds is 9. The second-order valence-corrected chi connectivity index (χ2v) is 5.28. The van der Waals surface area contributed by atoms with Crippen LogP contribution in [0.5, 0.6) is 11.5 Å². The zero-order chi connectivity index (χ0) is 18.1. The van der Waals surface area contributed by atoms with Gasteiger partial charge in [0.15, 0.2) is 11.5 Å². The van der Waals surface area contributed by atoms with Crippen molar-refractivity contribution >= 4 is 12.2 Å². The molecule has 0 amide bonds. The smallest absolute Gasteiger partial charge is 0.252 e. The minimum atomic E-state index is -0.198. The first-order valence-corrected chi connectivity index (χ1v) is 8.45. The van der Waals surface area contributed by atoms with Gasteiger partial charge in [-0.25, -0.2) is 10.4 Å². The predicted molar refractivity (Wildman–Crippen MR) is 98.8 cm³/mol. The second-order valence-electron chi connectivity index (χ2n) is 5.28. The fourth-order valence-corrected chi connectivity index (χ4v) is 2.26. The molecule has 2 aromatic rings. The van der Waals surface area contributed by atoms with Crippen molar-refractivity contribution in [2.75, 3.05) is 18.6 Å². The molecule has 1 heterocycles. The van der Waals surface area contributed by atoms with Gasteiger partial charge in [0.25, 0.3) is 5.56 Å². The van der Waals surface area contributed by atoms with Gasteiger partial charge in [-0.1, -0.05) is 13.3 Å². The lowest BCUT2D eigenvalue weighted by Crippen LogP contribution is -2.12. The Morgan fingerprint density at radius 3 is 2.64 bits per heavy atom. The zero-order valence-corrected chi connectivity index (χ0v) is 14.8. The van der Waals surface area contributed by atoms with Crippen LogP contribution in [0.15, 0.2) is 34.2 Å². The maximum atomic E-state index is 11.6. The van der Waals surface area contributed by atoms with E-state index in [9.17, 15) is 4.79 Å². The molecule has 1 aromatic heterocycles. The molecule has 2 rings (SSSR count). The van der Waals surface area contributed by atoms with Crippen molar-refractivity contribution in [2.45, 2.75) is 33.6 Å². The van der Waals surface area contributed by atoms with Crippen LogP contribution in [0.25, 0.3) is 0 Å². The summed E-state index contributed by atoms with van der Waals surface area (Å²) in [5.74, 6) is 1.70. The normalized spacial score (nSPS) is 10.8. The first-order chi connectivity index (χ1) is 12.2. The summed E-state index contributed by atoms with van der Waals surface area (Å²) in [6.45, 7) is 7.01. The van der Waals surface area contributed by atoms with Crippen molar-refractivity contribution in [1.82, 2.24) is 9.97 Å². The van der Waals surface area contributed by atoms with E-state index in [-0.39, 0.29) is 5.56 Å². The molecule has 0 aliphatic carbocycles. The zero-order valence-electron chi connectivity index (χ0n) is 14.8. The van der Waals surface area contributed by atoms with E-state index in [0.29, 0.717) is 30.7 Å². The molecule has 7 heteroatoms. The third-order valence-corrected chi connectivity index (χ3v) is 3.25. The molecule has 0 fully saturated rings. The van der Waals surface area contributed by atoms with Crippen LogP contribution in [0.3, 0.4) is 0 Å². The number of hydrazone groups is 1. The molecule has 0 bridgehead atoms. The Kier molecular flexibility index (Phi) is 7.00. The minimum absolute atomic E-state index is 0.198. The van der Waals surface area contributed by atoms with E-state index in [1.807, 2.05) is 39.0 Å². The number of hydrogen-bond acceptors (Lipinski definition) is 6. The summed E-state index contributed by atoms with van der Waals surface area (Å²) < 4.78 is 11.1. The third-order valence-electron chi connectivity index (χ3n) is 3.25. The van der Waals surface area contributed by atoms with E-state index in [2.05, 4.69) is 20.5 Å². The summed E-state index contributed by atoms with van der Waals surface area (Å²) in [7, 11) is 0. The van der Waals surface area contributed by atoms with E-state index in [0.717, 1.165) is 24.1 Å². The molecular weight excluding hydrogens is 320 g/mol. The lowest BCUT2D eigenvalue weighted by Gasteiger charge is -2.11. The van der Waals surface area contributed by atoms with Crippen molar-refractivity contribution in [3.8, 4) is 11.5 Å². The van der Waals surface area contributed by atoms with E-state index >= 15 is 0 Å².